The Balaban J connectivity index is 2.21. The number of aliphatic carboxylic acids is 1. The van der Waals surface area contributed by atoms with Crippen molar-refractivity contribution in [3.8, 4) is 0 Å². The van der Waals surface area contributed by atoms with Crippen molar-refractivity contribution in [1.29, 1.82) is 0 Å². The fourth-order valence-electron chi connectivity index (χ4n) is 2.00. The van der Waals surface area contributed by atoms with Gasteiger partial charge in [0.25, 0.3) is 0 Å². The third-order valence-corrected chi connectivity index (χ3v) is 3.98. The third kappa shape index (κ3) is 2.97. The minimum absolute atomic E-state index is 0.337. The molecule has 1 saturated carbocycles. The average molecular weight is 288 g/mol. The topological polar surface area (TPSA) is 40.5 Å². The zero-order chi connectivity index (χ0) is 13.3. The molecule has 0 spiro atoms. The number of carboxylic acids is 1. The van der Waals surface area contributed by atoms with Crippen LogP contribution in [0, 0.1) is 0 Å². The molecule has 3 nitrogen and oxygen atoms in total. The largest absolute Gasteiger partial charge is 0.480 e. The van der Waals surface area contributed by atoms with Crippen molar-refractivity contribution in [1.82, 2.24) is 4.90 Å². The summed E-state index contributed by atoms with van der Waals surface area (Å²) in [7, 11) is 0. The van der Waals surface area contributed by atoms with Gasteiger partial charge in [0.05, 0.1) is 0 Å². The Hall–Kier alpha value is -0.770. The number of benzene rings is 1. The van der Waals surface area contributed by atoms with Gasteiger partial charge in [0, 0.05) is 28.2 Å². The van der Waals surface area contributed by atoms with Crippen LogP contribution in [0.1, 0.15) is 25.3 Å². The van der Waals surface area contributed by atoms with Crippen LogP contribution < -0.4 is 0 Å². The smallest absolute Gasteiger partial charge is 0.320 e. The van der Waals surface area contributed by atoms with E-state index in [9.17, 15) is 4.79 Å². The maximum Gasteiger partial charge on any atom is 0.320 e. The molecule has 0 aliphatic heterocycles. The molecule has 2 rings (SSSR count). The predicted molar refractivity (Wildman–Crippen MR) is 72.1 cm³/mol. The summed E-state index contributed by atoms with van der Waals surface area (Å²) >= 11 is 12.2. The van der Waals surface area contributed by atoms with E-state index in [2.05, 4.69) is 0 Å². The second kappa shape index (κ2) is 5.47. The molecule has 0 heterocycles. The number of nitrogens with zero attached hydrogens (tertiary/aromatic N) is 1. The molecular weight excluding hydrogens is 273 g/mol. The molecule has 0 saturated heterocycles. The standard InChI is InChI=1S/C13H15Cl2NO2/c1-8(13(17)18)16(9-5-6-9)7-10-11(14)3-2-4-12(10)15/h2-4,8-9H,5-7H2,1H3,(H,17,18). The third-order valence-electron chi connectivity index (χ3n) is 3.27. The summed E-state index contributed by atoms with van der Waals surface area (Å²) in [6.07, 6.45) is 2.08. The molecule has 5 heteroatoms. The lowest BCUT2D eigenvalue weighted by Crippen LogP contribution is -2.40. The molecule has 1 fully saturated rings. The first-order chi connectivity index (χ1) is 8.50. The Labute approximate surface area is 116 Å². The van der Waals surface area contributed by atoms with Gasteiger partial charge >= 0.3 is 5.97 Å². The van der Waals surface area contributed by atoms with Crippen molar-refractivity contribution < 1.29 is 9.90 Å². The van der Waals surface area contributed by atoms with Crippen molar-refractivity contribution in [3.63, 3.8) is 0 Å². The molecule has 1 aliphatic rings. The van der Waals surface area contributed by atoms with Crippen LogP contribution in [-0.4, -0.2) is 28.1 Å². The monoisotopic (exact) mass is 287 g/mol. The SMILES string of the molecule is CC(C(=O)O)N(Cc1c(Cl)cccc1Cl)C1CC1. The minimum Gasteiger partial charge on any atom is -0.480 e. The Kier molecular flexibility index (Phi) is 4.15. The van der Waals surface area contributed by atoms with Crippen molar-refractivity contribution in [2.75, 3.05) is 0 Å². The first kappa shape index (κ1) is 13.7. The van der Waals surface area contributed by atoms with Crippen molar-refractivity contribution in [2.45, 2.75) is 38.4 Å². The quantitative estimate of drug-likeness (QED) is 0.902. The van der Waals surface area contributed by atoms with Gasteiger partial charge in [0.1, 0.15) is 6.04 Å². The Morgan fingerprint density at radius 2 is 2.00 bits per heavy atom. The summed E-state index contributed by atoms with van der Waals surface area (Å²) in [5, 5.41) is 10.3. The Bertz CT molecular complexity index is 440. The molecule has 1 aliphatic carbocycles. The molecular formula is C13H15Cl2NO2. The molecule has 18 heavy (non-hydrogen) atoms. The van der Waals surface area contributed by atoms with Crippen LogP contribution in [0.3, 0.4) is 0 Å². The van der Waals surface area contributed by atoms with Crippen LogP contribution in [-0.2, 0) is 11.3 Å². The molecule has 0 aromatic heterocycles. The molecule has 1 aromatic carbocycles. The number of rotatable bonds is 5. The van der Waals surface area contributed by atoms with Crippen molar-refractivity contribution in [3.05, 3.63) is 33.8 Å². The highest BCUT2D eigenvalue weighted by atomic mass is 35.5. The number of carboxylic acid groups (broad SMARTS) is 1. The van der Waals surface area contributed by atoms with E-state index < -0.39 is 12.0 Å². The molecule has 1 unspecified atom stereocenters. The maximum atomic E-state index is 11.1. The summed E-state index contributed by atoms with van der Waals surface area (Å²) in [6, 6.07) is 5.16. The summed E-state index contributed by atoms with van der Waals surface area (Å²) in [5.74, 6) is -0.815. The molecule has 1 atom stereocenters. The molecule has 1 N–H and O–H groups in total. The van der Waals surface area contributed by atoms with Crippen molar-refractivity contribution >= 4 is 29.2 Å². The summed E-state index contributed by atoms with van der Waals surface area (Å²) < 4.78 is 0. The van der Waals surface area contributed by atoms with Gasteiger partial charge in [-0.25, -0.2) is 0 Å². The molecule has 98 valence electrons. The maximum absolute atomic E-state index is 11.1. The van der Waals surface area contributed by atoms with Crippen LogP contribution in [0.25, 0.3) is 0 Å². The highest BCUT2D eigenvalue weighted by molar-refractivity contribution is 6.35. The highest BCUT2D eigenvalue weighted by Gasteiger charge is 2.35. The van der Waals surface area contributed by atoms with Crippen LogP contribution in [0.5, 0.6) is 0 Å². The van der Waals surface area contributed by atoms with E-state index >= 15 is 0 Å². The fraction of sp³-hybridized carbons (Fsp3) is 0.462. The van der Waals surface area contributed by atoms with Crippen LogP contribution in [0.4, 0.5) is 0 Å². The van der Waals surface area contributed by atoms with Crippen LogP contribution >= 0.6 is 23.2 Å². The van der Waals surface area contributed by atoms with E-state index in [1.165, 1.54) is 0 Å². The Morgan fingerprint density at radius 3 is 2.44 bits per heavy atom. The zero-order valence-electron chi connectivity index (χ0n) is 10.1. The zero-order valence-corrected chi connectivity index (χ0v) is 11.6. The van der Waals surface area contributed by atoms with Gasteiger partial charge in [-0.1, -0.05) is 29.3 Å². The van der Waals surface area contributed by atoms with Gasteiger partial charge in [0.15, 0.2) is 0 Å². The average Bonchev–Trinajstić information content (AvgIpc) is 3.12. The lowest BCUT2D eigenvalue weighted by atomic mass is 10.1. The number of halogens is 2. The van der Waals surface area contributed by atoms with E-state index in [0.717, 1.165) is 18.4 Å². The molecule has 1 aromatic rings. The van der Waals surface area contributed by atoms with E-state index in [4.69, 9.17) is 28.3 Å². The first-order valence-corrected chi connectivity index (χ1v) is 6.67. The normalized spacial score (nSPS) is 16.9. The Morgan fingerprint density at radius 1 is 1.44 bits per heavy atom. The second-order valence-electron chi connectivity index (χ2n) is 4.62. The van der Waals surface area contributed by atoms with E-state index in [-0.39, 0.29) is 0 Å². The van der Waals surface area contributed by atoms with Gasteiger partial charge in [-0.3, -0.25) is 9.69 Å². The molecule has 0 bridgehead atoms. The van der Waals surface area contributed by atoms with Gasteiger partial charge in [-0.05, 0) is 31.9 Å². The van der Waals surface area contributed by atoms with E-state index in [1.54, 1.807) is 25.1 Å². The number of hydrogen-bond acceptors (Lipinski definition) is 2. The lowest BCUT2D eigenvalue weighted by Gasteiger charge is -2.26. The van der Waals surface area contributed by atoms with E-state index in [1.807, 2.05) is 4.90 Å². The van der Waals surface area contributed by atoms with Crippen LogP contribution in [0.15, 0.2) is 18.2 Å². The fourth-order valence-corrected chi connectivity index (χ4v) is 2.51. The van der Waals surface area contributed by atoms with Gasteiger partial charge < -0.3 is 5.11 Å². The van der Waals surface area contributed by atoms with Crippen molar-refractivity contribution in [2.24, 2.45) is 0 Å². The van der Waals surface area contributed by atoms with Crippen LogP contribution in [0.2, 0.25) is 10.0 Å². The van der Waals surface area contributed by atoms with Gasteiger partial charge in [-0.2, -0.15) is 0 Å². The molecule has 0 radical (unpaired) electrons. The summed E-state index contributed by atoms with van der Waals surface area (Å²) in [4.78, 5) is 13.1. The number of hydrogen-bond donors (Lipinski definition) is 1. The predicted octanol–water partition coefficient (Wildman–Crippen LogP) is 3.43. The summed E-state index contributed by atoms with van der Waals surface area (Å²) in [5.41, 5.74) is 0.806. The van der Waals surface area contributed by atoms with E-state index in [0.29, 0.717) is 22.6 Å². The summed E-state index contributed by atoms with van der Waals surface area (Å²) in [6.45, 7) is 2.18. The van der Waals surface area contributed by atoms with Gasteiger partial charge in [0.2, 0.25) is 0 Å². The number of carbonyl (C=O) groups is 1. The van der Waals surface area contributed by atoms with Gasteiger partial charge in [-0.15, -0.1) is 0 Å². The second-order valence-corrected chi connectivity index (χ2v) is 5.43. The molecule has 0 amide bonds. The highest BCUT2D eigenvalue weighted by Crippen LogP contribution is 2.33. The lowest BCUT2D eigenvalue weighted by molar-refractivity contribution is -0.143. The first-order valence-electron chi connectivity index (χ1n) is 5.92. The minimum atomic E-state index is -0.815.